The molecule has 0 aromatic rings. The zero-order valence-electron chi connectivity index (χ0n) is 9.52. The van der Waals surface area contributed by atoms with E-state index in [0.717, 1.165) is 6.42 Å². The Labute approximate surface area is 97.6 Å². The van der Waals surface area contributed by atoms with Crippen molar-refractivity contribution in [3.63, 3.8) is 0 Å². The van der Waals surface area contributed by atoms with Crippen molar-refractivity contribution >= 4 is 16.5 Å². The number of aliphatic hydroxyl groups excluding tert-OH is 1. The monoisotopic (exact) mass is 276 g/mol. The average molecular weight is 276 g/mol. The smallest absolute Gasteiger partial charge is 0.323 e. The van der Waals surface area contributed by atoms with Gasteiger partial charge in [0.25, 0.3) is 0 Å². The molecule has 0 saturated carbocycles. The van der Waals surface area contributed by atoms with Gasteiger partial charge >= 0.3 is 16.5 Å². The maximum absolute atomic E-state index is 9.44. The predicted octanol–water partition coefficient (Wildman–Crippen LogP) is 2.11. The molecule has 0 aromatic heterocycles. The SMILES string of the molecule is CCCCCCCCO.O=[PH](O)O[PH](=O)O. The highest BCUT2D eigenvalue weighted by Gasteiger charge is 1.93. The predicted molar refractivity (Wildman–Crippen MR) is 64.0 cm³/mol. The van der Waals surface area contributed by atoms with Crippen LogP contribution < -0.4 is 0 Å². The van der Waals surface area contributed by atoms with Gasteiger partial charge in [0, 0.05) is 6.61 Å². The van der Waals surface area contributed by atoms with Gasteiger partial charge in [-0.1, -0.05) is 39.0 Å². The van der Waals surface area contributed by atoms with Crippen LogP contribution in [0, 0.1) is 0 Å². The van der Waals surface area contributed by atoms with E-state index in [1.807, 2.05) is 0 Å². The van der Waals surface area contributed by atoms with Gasteiger partial charge in [0.15, 0.2) is 0 Å². The van der Waals surface area contributed by atoms with Crippen LogP contribution in [0.2, 0.25) is 0 Å². The van der Waals surface area contributed by atoms with E-state index in [2.05, 4.69) is 11.2 Å². The van der Waals surface area contributed by atoms with Crippen molar-refractivity contribution in [1.29, 1.82) is 0 Å². The van der Waals surface area contributed by atoms with Crippen molar-refractivity contribution < 1.29 is 28.3 Å². The first-order chi connectivity index (χ1) is 7.54. The van der Waals surface area contributed by atoms with E-state index >= 15 is 0 Å². The van der Waals surface area contributed by atoms with Crippen LogP contribution in [0.1, 0.15) is 45.4 Å². The summed E-state index contributed by atoms with van der Waals surface area (Å²) in [4.78, 5) is 15.4. The summed E-state index contributed by atoms with van der Waals surface area (Å²) in [5.74, 6) is 0. The van der Waals surface area contributed by atoms with Crippen LogP contribution in [0.3, 0.4) is 0 Å². The van der Waals surface area contributed by atoms with E-state index in [1.54, 1.807) is 0 Å². The molecule has 0 saturated heterocycles. The second-order valence-electron chi connectivity index (χ2n) is 3.13. The first-order valence-corrected chi connectivity index (χ1v) is 7.81. The fourth-order valence-corrected chi connectivity index (χ4v) is 1.56. The second kappa shape index (κ2) is 15.3. The molecule has 0 bridgehead atoms. The van der Waals surface area contributed by atoms with E-state index < -0.39 is 16.5 Å². The molecule has 0 spiro atoms. The van der Waals surface area contributed by atoms with Crippen molar-refractivity contribution in [3.8, 4) is 0 Å². The van der Waals surface area contributed by atoms with Gasteiger partial charge in [-0.05, 0) is 6.42 Å². The van der Waals surface area contributed by atoms with E-state index in [-0.39, 0.29) is 0 Å². The third-order valence-electron chi connectivity index (χ3n) is 1.69. The molecule has 0 heterocycles. The minimum atomic E-state index is -3.20. The third-order valence-corrected chi connectivity index (χ3v) is 3.08. The van der Waals surface area contributed by atoms with Crippen LogP contribution in [0.4, 0.5) is 0 Å². The van der Waals surface area contributed by atoms with Gasteiger partial charge in [-0.2, -0.15) is 0 Å². The van der Waals surface area contributed by atoms with Gasteiger partial charge in [-0.3, -0.25) is 9.13 Å². The first kappa shape index (κ1) is 18.7. The van der Waals surface area contributed by atoms with Crippen molar-refractivity contribution in [1.82, 2.24) is 0 Å². The van der Waals surface area contributed by atoms with Gasteiger partial charge in [-0.25, -0.2) is 4.31 Å². The Hall–Kier alpha value is 0.300. The molecule has 0 fully saturated rings. The Bertz CT molecular complexity index is 169. The normalized spacial score (nSPS) is 13.8. The summed E-state index contributed by atoms with van der Waals surface area (Å²) >= 11 is 0. The fourth-order valence-electron chi connectivity index (χ4n) is 0.967. The summed E-state index contributed by atoms with van der Waals surface area (Å²) in [5, 5.41) is 8.42. The molecule has 2 atom stereocenters. The Morgan fingerprint density at radius 1 is 0.938 bits per heavy atom. The third kappa shape index (κ3) is 23.8. The molecule has 16 heavy (non-hydrogen) atoms. The molecule has 8 heteroatoms. The fraction of sp³-hybridized carbons (Fsp3) is 1.00. The molecule has 6 nitrogen and oxygen atoms in total. The largest absolute Gasteiger partial charge is 0.396 e. The lowest BCUT2D eigenvalue weighted by atomic mass is 10.1. The van der Waals surface area contributed by atoms with Crippen LogP contribution in [-0.2, 0) is 13.4 Å². The lowest BCUT2D eigenvalue weighted by Gasteiger charge is -1.95. The van der Waals surface area contributed by atoms with Crippen LogP contribution >= 0.6 is 16.5 Å². The first-order valence-electron chi connectivity index (χ1n) is 5.29. The van der Waals surface area contributed by atoms with Crippen molar-refractivity contribution in [3.05, 3.63) is 0 Å². The maximum atomic E-state index is 9.44. The molecular formula is C8H22O6P2. The van der Waals surface area contributed by atoms with E-state index in [0.29, 0.717) is 6.61 Å². The molecule has 0 amide bonds. The lowest BCUT2D eigenvalue weighted by Crippen LogP contribution is -1.82. The van der Waals surface area contributed by atoms with Crippen molar-refractivity contribution in [2.45, 2.75) is 45.4 Å². The topological polar surface area (TPSA) is 104 Å². The minimum Gasteiger partial charge on any atom is -0.396 e. The van der Waals surface area contributed by atoms with Gasteiger partial charge in [-0.15, -0.1) is 0 Å². The second-order valence-corrected chi connectivity index (χ2v) is 5.01. The molecular weight excluding hydrogens is 254 g/mol. The lowest BCUT2D eigenvalue weighted by molar-refractivity contribution is 0.282. The highest BCUT2D eigenvalue weighted by atomic mass is 31.2. The summed E-state index contributed by atoms with van der Waals surface area (Å²) < 4.78 is 22.3. The van der Waals surface area contributed by atoms with Gasteiger partial charge in [0.2, 0.25) is 0 Å². The number of hydrogen-bond donors (Lipinski definition) is 3. The molecule has 0 aliphatic carbocycles. The molecule has 0 radical (unpaired) electrons. The Balaban J connectivity index is 0. The molecule has 0 rings (SSSR count). The van der Waals surface area contributed by atoms with Crippen LogP contribution in [0.15, 0.2) is 0 Å². The van der Waals surface area contributed by atoms with Crippen LogP contribution in [0.5, 0.6) is 0 Å². The van der Waals surface area contributed by atoms with Crippen molar-refractivity contribution in [2.75, 3.05) is 6.61 Å². The summed E-state index contributed by atoms with van der Waals surface area (Å²) in [5.41, 5.74) is 0. The quantitative estimate of drug-likeness (QED) is 0.463. The molecule has 100 valence electrons. The number of aliphatic hydroxyl groups is 1. The molecule has 3 N–H and O–H groups in total. The van der Waals surface area contributed by atoms with Gasteiger partial charge < -0.3 is 14.9 Å². The number of rotatable bonds is 8. The summed E-state index contributed by atoms with van der Waals surface area (Å²) in [7, 11) is -6.40. The number of hydrogen-bond acceptors (Lipinski definition) is 4. The molecule has 0 aromatic carbocycles. The average Bonchev–Trinajstić information content (AvgIpc) is 2.16. The molecule has 2 unspecified atom stereocenters. The molecule has 0 aliphatic heterocycles. The van der Waals surface area contributed by atoms with Crippen LogP contribution in [0.25, 0.3) is 0 Å². The summed E-state index contributed by atoms with van der Waals surface area (Å²) in [6.45, 7) is 2.58. The number of unbranched alkanes of at least 4 members (excludes halogenated alkanes) is 5. The van der Waals surface area contributed by atoms with Gasteiger partial charge in [0.1, 0.15) is 0 Å². The standard InChI is InChI=1S/C8H18O.H4O5P2/c1-2-3-4-5-6-7-8-9;1-6(2)5-7(3)4/h9H,2-8H2,1H3;6-7H,(H,1,2)(H,3,4). The zero-order valence-corrected chi connectivity index (χ0v) is 11.5. The Kier molecular flexibility index (Phi) is 17.8. The summed E-state index contributed by atoms with van der Waals surface area (Å²) in [6.07, 6.45) is 7.50. The van der Waals surface area contributed by atoms with E-state index in [4.69, 9.17) is 14.9 Å². The highest BCUT2D eigenvalue weighted by molar-refractivity contribution is 7.46. The highest BCUT2D eigenvalue weighted by Crippen LogP contribution is 2.30. The Morgan fingerprint density at radius 3 is 1.69 bits per heavy atom. The van der Waals surface area contributed by atoms with Crippen LogP contribution in [-0.4, -0.2) is 21.5 Å². The Morgan fingerprint density at radius 2 is 1.38 bits per heavy atom. The molecule has 0 aliphatic rings. The van der Waals surface area contributed by atoms with Crippen molar-refractivity contribution in [2.24, 2.45) is 0 Å². The maximum Gasteiger partial charge on any atom is 0.323 e. The zero-order chi connectivity index (χ0) is 12.8. The van der Waals surface area contributed by atoms with E-state index in [1.165, 1.54) is 32.1 Å². The summed E-state index contributed by atoms with van der Waals surface area (Å²) in [6, 6.07) is 0. The van der Waals surface area contributed by atoms with E-state index in [9.17, 15) is 9.13 Å². The van der Waals surface area contributed by atoms with Gasteiger partial charge in [0.05, 0.1) is 0 Å². The minimum absolute atomic E-state index is 0.367.